The molecule has 0 bridgehead atoms. The topological polar surface area (TPSA) is 59.1 Å². The molecule has 0 N–H and O–H groups in total. The second-order valence-corrected chi connectivity index (χ2v) is 10.2. The summed E-state index contributed by atoms with van der Waals surface area (Å²) < 4.78 is 10.9. The quantitative estimate of drug-likeness (QED) is 0.737. The molecule has 1 aromatic rings. The number of carbonyl (C=O) groups excluding carboxylic acids is 2. The Hall–Kier alpha value is -2.24. The Balaban J connectivity index is 1.18. The molecule has 0 aromatic heterocycles. The van der Waals surface area contributed by atoms with Gasteiger partial charge < -0.3 is 19.3 Å². The monoisotopic (exact) mass is 400 g/mol. The number of carbonyl (C=O) groups is 2. The first kappa shape index (κ1) is 20.0. The van der Waals surface area contributed by atoms with Gasteiger partial charge in [0, 0.05) is 31.6 Å². The minimum atomic E-state index is -0.447. The fourth-order valence-electron chi connectivity index (χ4n) is 5.31. The van der Waals surface area contributed by atoms with E-state index in [1.807, 2.05) is 60.9 Å². The number of ether oxygens (including phenoxy) is 2. The molecule has 6 heteroatoms. The Kier molecular flexibility index (Phi) is 4.99. The maximum Gasteiger partial charge on any atom is 0.410 e. The van der Waals surface area contributed by atoms with Crippen LogP contribution >= 0.6 is 0 Å². The zero-order valence-corrected chi connectivity index (χ0v) is 17.8. The molecule has 158 valence electrons. The summed E-state index contributed by atoms with van der Waals surface area (Å²) in [5, 5.41) is 0. The van der Waals surface area contributed by atoms with E-state index in [1.165, 1.54) is 0 Å². The lowest BCUT2D eigenvalue weighted by Gasteiger charge is -2.65. The van der Waals surface area contributed by atoms with Crippen LogP contribution in [0, 0.1) is 10.8 Å². The number of nitrogens with zero attached hydrogens (tertiary/aromatic N) is 2. The average Bonchev–Trinajstić information content (AvgIpc) is 2.61. The molecule has 3 aliphatic rings. The lowest BCUT2D eigenvalue weighted by Crippen LogP contribution is -2.68. The van der Waals surface area contributed by atoms with Crippen molar-refractivity contribution in [2.45, 2.75) is 58.7 Å². The van der Waals surface area contributed by atoms with Gasteiger partial charge in [-0.25, -0.2) is 9.59 Å². The third kappa shape index (κ3) is 4.36. The predicted octanol–water partition coefficient (Wildman–Crippen LogP) is 4.44. The van der Waals surface area contributed by atoms with Gasteiger partial charge in [-0.3, -0.25) is 0 Å². The Morgan fingerprint density at radius 2 is 1.55 bits per heavy atom. The van der Waals surface area contributed by atoms with Crippen molar-refractivity contribution in [1.29, 1.82) is 0 Å². The van der Waals surface area contributed by atoms with Crippen molar-refractivity contribution in [2.24, 2.45) is 10.8 Å². The highest BCUT2D eigenvalue weighted by atomic mass is 16.6. The number of amides is 2. The van der Waals surface area contributed by atoms with Crippen LogP contribution in [-0.4, -0.2) is 53.8 Å². The van der Waals surface area contributed by atoms with E-state index >= 15 is 0 Å². The highest BCUT2D eigenvalue weighted by molar-refractivity contribution is 5.69. The van der Waals surface area contributed by atoms with Gasteiger partial charge in [-0.15, -0.1) is 0 Å². The van der Waals surface area contributed by atoms with Gasteiger partial charge in [-0.2, -0.15) is 0 Å². The van der Waals surface area contributed by atoms with Crippen molar-refractivity contribution in [2.75, 3.05) is 26.2 Å². The van der Waals surface area contributed by atoms with Crippen molar-refractivity contribution in [3.05, 3.63) is 35.9 Å². The first-order valence-corrected chi connectivity index (χ1v) is 10.6. The van der Waals surface area contributed by atoms with Crippen LogP contribution in [0.2, 0.25) is 0 Å². The molecular weight excluding hydrogens is 368 g/mol. The molecule has 29 heavy (non-hydrogen) atoms. The molecule has 3 fully saturated rings. The van der Waals surface area contributed by atoms with Crippen LogP contribution in [0.25, 0.3) is 0 Å². The standard InChI is InChI=1S/C23H32N2O4/c1-21(2,3)29-20(27)24-11-9-22(10-12-24)14-23(15-22)16-25(17-23)19(26)28-13-18-7-5-4-6-8-18/h4-8H,9-17H2,1-3H3. The van der Waals surface area contributed by atoms with Gasteiger partial charge in [0.2, 0.25) is 0 Å². The zero-order valence-electron chi connectivity index (χ0n) is 17.8. The minimum Gasteiger partial charge on any atom is -0.445 e. The molecule has 1 aromatic carbocycles. The number of hydrogen-bond donors (Lipinski definition) is 0. The molecule has 4 rings (SSSR count). The second-order valence-electron chi connectivity index (χ2n) is 10.2. The Labute approximate surface area is 173 Å². The summed E-state index contributed by atoms with van der Waals surface area (Å²) >= 11 is 0. The molecule has 0 radical (unpaired) electrons. The summed E-state index contributed by atoms with van der Waals surface area (Å²) in [6.07, 6.45) is 3.98. The van der Waals surface area contributed by atoms with Crippen molar-refractivity contribution >= 4 is 12.2 Å². The fraction of sp³-hybridized carbons (Fsp3) is 0.652. The molecule has 1 aliphatic carbocycles. The van der Waals surface area contributed by atoms with E-state index in [1.54, 1.807) is 0 Å². The molecule has 2 heterocycles. The third-order valence-electron chi connectivity index (χ3n) is 6.49. The summed E-state index contributed by atoms with van der Waals surface area (Å²) in [5.74, 6) is 0. The molecule has 2 amide bonds. The largest absolute Gasteiger partial charge is 0.445 e. The molecule has 2 saturated heterocycles. The van der Waals surface area contributed by atoms with Gasteiger partial charge in [0.25, 0.3) is 0 Å². The zero-order chi connectivity index (χ0) is 20.7. The van der Waals surface area contributed by atoms with Crippen molar-refractivity contribution < 1.29 is 19.1 Å². The number of benzene rings is 1. The number of likely N-dealkylation sites (tertiary alicyclic amines) is 2. The first-order valence-electron chi connectivity index (χ1n) is 10.6. The van der Waals surface area contributed by atoms with E-state index in [0.29, 0.717) is 12.0 Å². The normalized spacial score (nSPS) is 22.0. The molecule has 2 aliphatic heterocycles. The van der Waals surface area contributed by atoms with Gasteiger partial charge in [0.15, 0.2) is 0 Å². The van der Waals surface area contributed by atoms with E-state index in [4.69, 9.17) is 9.47 Å². The maximum atomic E-state index is 12.3. The van der Waals surface area contributed by atoms with Crippen LogP contribution in [0.4, 0.5) is 9.59 Å². The average molecular weight is 401 g/mol. The summed E-state index contributed by atoms with van der Waals surface area (Å²) in [7, 11) is 0. The lowest BCUT2D eigenvalue weighted by molar-refractivity contribution is -0.152. The Bertz CT molecular complexity index is 747. The number of rotatable bonds is 2. The van der Waals surface area contributed by atoms with Gasteiger partial charge in [0.05, 0.1) is 0 Å². The summed E-state index contributed by atoms with van der Waals surface area (Å²) in [6.45, 7) is 9.18. The Morgan fingerprint density at radius 3 is 2.14 bits per heavy atom. The third-order valence-corrected chi connectivity index (χ3v) is 6.49. The number of hydrogen-bond acceptors (Lipinski definition) is 4. The first-order chi connectivity index (χ1) is 13.7. The second kappa shape index (κ2) is 7.22. The van der Waals surface area contributed by atoms with E-state index in [0.717, 1.165) is 57.4 Å². The van der Waals surface area contributed by atoms with Crippen LogP contribution < -0.4 is 0 Å². The Morgan fingerprint density at radius 1 is 0.931 bits per heavy atom. The van der Waals surface area contributed by atoms with Crippen molar-refractivity contribution in [3.63, 3.8) is 0 Å². The van der Waals surface area contributed by atoms with Gasteiger partial charge in [-0.1, -0.05) is 30.3 Å². The number of piperidine rings is 1. The van der Waals surface area contributed by atoms with E-state index < -0.39 is 5.60 Å². The molecule has 0 unspecified atom stereocenters. The fourth-order valence-corrected chi connectivity index (χ4v) is 5.31. The van der Waals surface area contributed by atoms with Crippen LogP contribution in [0.15, 0.2) is 30.3 Å². The molecule has 2 spiro atoms. The van der Waals surface area contributed by atoms with Crippen molar-refractivity contribution in [1.82, 2.24) is 9.80 Å². The van der Waals surface area contributed by atoms with Gasteiger partial charge in [0.1, 0.15) is 12.2 Å². The summed E-state index contributed by atoms with van der Waals surface area (Å²) in [6, 6.07) is 9.77. The van der Waals surface area contributed by atoms with Crippen LogP contribution in [0.3, 0.4) is 0 Å². The van der Waals surface area contributed by atoms with Crippen LogP contribution in [0.5, 0.6) is 0 Å². The smallest absolute Gasteiger partial charge is 0.410 e. The minimum absolute atomic E-state index is 0.197. The van der Waals surface area contributed by atoms with E-state index in [2.05, 4.69) is 0 Å². The van der Waals surface area contributed by atoms with Crippen LogP contribution in [-0.2, 0) is 16.1 Å². The molecular formula is C23H32N2O4. The summed E-state index contributed by atoms with van der Waals surface area (Å²) in [5.41, 5.74) is 1.19. The highest BCUT2D eigenvalue weighted by Crippen LogP contribution is 2.63. The molecule has 1 saturated carbocycles. The van der Waals surface area contributed by atoms with Crippen LogP contribution in [0.1, 0.15) is 52.0 Å². The highest BCUT2D eigenvalue weighted by Gasteiger charge is 2.61. The predicted molar refractivity (Wildman–Crippen MR) is 109 cm³/mol. The summed E-state index contributed by atoms with van der Waals surface area (Å²) in [4.78, 5) is 28.2. The maximum absolute atomic E-state index is 12.3. The lowest BCUT2D eigenvalue weighted by atomic mass is 9.47. The van der Waals surface area contributed by atoms with Gasteiger partial charge in [-0.05, 0) is 57.4 Å². The van der Waals surface area contributed by atoms with E-state index in [9.17, 15) is 9.59 Å². The van der Waals surface area contributed by atoms with E-state index in [-0.39, 0.29) is 17.6 Å². The SMILES string of the molecule is CC(C)(C)OC(=O)N1CCC2(CC1)CC1(CN(C(=O)OCc3ccccc3)C1)C2. The van der Waals surface area contributed by atoms with Crippen molar-refractivity contribution in [3.8, 4) is 0 Å². The van der Waals surface area contributed by atoms with Gasteiger partial charge >= 0.3 is 12.2 Å². The molecule has 0 atom stereocenters. The molecule has 6 nitrogen and oxygen atoms in total.